The number of anilines is 1. The van der Waals surface area contributed by atoms with Crippen LogP contribution in [0.1, 0.15) is 12.1 Å². The van der Waals surface area contributed by atoms with Crippen LogP contribution in [0.4, 0.5) is 10.1 Å². The van der Waals surface area contributed by atoms with Crippen molar-refractivity contribution in [3.8, 4) is 5.75 Å². The highest BCUT2D eigenvalue weighted by atomic mass is 19.1. The first-order valence-corrected chi connectivity index (χ1v) is 6.85. The lowest BCUT2D eigenvalue weighted by atomic mass is 10.2. The van der Waals surface area contributed by atoms with Gasteiger partial charge in [0.25, 0.3) is 0 Å². The van der Waals surface area contributed by atoms with E-state index < -0.39 is 0 Å². The van der Waals surface area contributed by atoms with Crippen molar-refractivity contribution in [3.05, 3.63) is 42.0 Å². The average molecular weight is 289 g/mol. The molecule has 0 atom stereocenters. The molecule has 21 heavy (non-hydrogen) atoms. The second-order valence-electron chi connectivity index (χ2n) is 4.99. The number of carbonyl (C=O) groups is 1. The lowest BCUT2D eigenvalue weighted by Crippen LogP contribution is -2.38. The molecule has 0 saturated carbocycles. The van der Waals surface area contributed by atoms with Crippen molar-refractivity contribution in [1.29, 1.82) is 0 Å². The molecular formula is C15H16FN3O2. The predicted octanol–water partition coefficient (Wildman–Crippen LogP) is 1.92. The second kappa shape index (κ2) is 5.55. The van der Waals surface area contributed by atoms with E-state index in [1.54, 1.807) is 15.6 Å². The van der Waals surface area contributed by atoms with Crippen molar-refractivity contribution >= 4 is 11.6 Å². The summed E-state index contributed by atoms with van der Waals surface area (Å²) in [5.41, 5.74) is 1.52. The molecule has 1 aromatic carbocycles. The third-order valence-electron chi connectivity index (χ3n) is 3.45. The fourth-order valence-corrected chi connectivity index (χ4v) is 2.42. The van der Waals surface area contributed by atoms with Crippen LogP contribution in [0.3, 0.4) is 0 Å². The Balaban J connectivity index is 1.71. The van der Waals surface area contributed by atoms with Gasteiger partial charge in [0.2, 0.25) is 5.91 Å². The van der Waals surface area contributed by atoms with E-state index in [0.717, 1.165) is 5.69 Å². The van der Waals surface area contributed by atoms with Gasteiger partial charge in [0.1, 0.15) is 18.2 Å². The van der Waals surface area contributed by atoms with Gasteiger partial charge >= 0.3 is 0 Å². The molecule has 1 aliphatic heterocycles. The van der Waals surface area contributed by atoms with Crippen LogP contribution in [-0.4, -0.2) is 28.8 Å². The summed E-state index contributed by atoms with van der Waals surface area (Å²) in [5, 5.41) is 4.26. The Bertz CT molecular complexity index is 669. The standard InChI is InChI=1S/C15H16FN3O2/c1-18-7-6-12(17-18)3-5-15(20)19-8-9-21-14-10-11(16)2-4-13(14)19/h2,4,6-7,10H,3,5,8-9H2,1H3. The van der Waals surface area contributed by atoms with Gasteiger partial charge in [-0.05, 0) is 18.2 Å². The number of hydrogen-bond acceptors (Lipinski definition) is 3. The normalized spacial score (nSPS) is 13.7. The predicted molar refractivity (Wildman–Crippen MR) is 75.8 cm³/mol. The van der Waals surface area contributed by atoms with Crippen LogP contribution < -0.4 is 9.64 Å². The van der Waals surface area contributed by atoms with Gasteiger partial charge in [-0.3, -0.25) is 9.48 Å². The zero-order valence-electron chi connectivity index (χ0n) is 11.8. The molecule has 0 saturated heterocycles. The van der Waals surface area contributed by atoms with Crippen molar-refractivity contribution in [2.45, 2.75) is 12.8 Å². The summed E-state index contributed by atoms with van der Waals surface area (Å²) in [6.45, 7) is 0.867. The molecule has 0 aliphatic carbocycles. The average Bonchev–Trinajstić information content (AvgIpc) is 2.89. The van der Waals surface area contributed by atoms with Gasteiger partial charge in [-0.2, -0.15) is 5.10 Å². The molecule has 0 radical (unpaired) electrons. The smallest absolute Gasteiger partial charge is 0.227 e. The number of amides is 1. The Morgan fingerprint density at radius 1 is 1.43 bits per heavy atom. The summed E-state index contributed by atoms with van der Waals surface area (Å²) in [6.07, 6.45) is 2.81. The van der Waals surface area contributed by atoms with Crippen molar-refractivity contribution in [2.75, 3.05) is 18.1 Å². The number of benzene rings is 1. The van der Waals surface area contributed by atoms with Crippen LogP contribution in [0.5, 0.6) is 5.75 Å². The first-order valence-electron chi connectivity index (χ1n) is 6.85. The first kappa shape index (κ1) is 13.6. The lowest BCUT2D eigenvalue weighted by molar-refractivity contribution is -0.118. The van der Waals surface area contributed by atoms with Crippen LogP contribution in [-0.2, 0) is 18.3 Å². The van der Waals surface area contributed by atoms with E-state index in [1.807, 2.05) is 19.3 Å². The van der Waals surface area contributed by atoms with E-state index in [1.165, 1.54) is 12.1 Å². The molecule has 1 amide bonds. The number of aromatic nitrogens is 2. The maximum absolute atomic E-state index is 13.2. The minimum Gasteiger partial charge on any atom is -0.489 e. The summed E-state index contributed by atoms with van der Waals surface area (Å²) in [7, 11) is 1.85. The maximum atomic E-state index is 13.2. The van der Waals surface area contributed by atoms with Crippen LogP contribution >= 0.6 is 0 Å². The monoisotopic (exact) mass is 289 g/mol. The molecule has 6 heteroatoms. The number of fused-ring (bicyclic) bond motifs is 1. The Kier molecular flexibility index (Phi) is 3.60. The summed E-state index contributed by atoms with van der Waals surface area (Å²) >= 11 is 0. The largest absolute Gasteiger partial charge is 0.489 e. The third-order valence-corrected chi connectivity index (χ3v) is 3.45. The quantitative estimate of drug-likeness (QED) is 0.867. The zero-order valence-corrected chi connectivity index (χ0v) is 11.8. The topological polar surface area (TPSA) is 47.4 Å². The molecule has 110 valence electrons. The number of hydrogen-bond donors (Lipinski definition) is 0. The van der Waals surface area contributed by atoms with Crippen LogP contribution in [0.2, 0.25) is 0 Å². The molecular weight excluding hydrogens is 273 g/mol. The molecule has 1 aromatic heterocycles. The number of ether oxygens (including phenoxy) is 1. The second-order valence-corrected chi connectivity index (χ2v) is 4.99. The molecule has 0 spiro atoms. The minimum atomic E-state index is -0.364. The summed E-state index contributed by atoms with van der Waals surface area (Å²) in [4.78, 5) is 14.0. The summed E-state index contributed by atoms with van der Waals surface area (Å²) in [6, 6.07) is 6.14. The number of rotatable bonds is 3. The Morgan fingerprint density at radius 3 is 3.05 bits per heavy atom. The van der Waals surface area contributed by atoms with Gasteiger partial charge in [-0.25, -0.2) is 4.39 Å². The molecule has 0 unspecified atom stereocenters. The fraction of sp³-hybridized carbons (Fsp3) is 0.333. The highest BCUT2D eigenvalue weighted by Gasteiger charge is 2.23. The molecule has 0 fully saturated rings. The number of aryl methyl sites for hydroxylation is 2. The van der Waals surface area contributed by atoms with Crippen molar-refractivity contribution in [2.24, 2.45) is 7.05 Å². The summed E-state index contributed by atoms with van der Waals surface area (Å²) in [5.74, 6) is 0.0563. The first-order chi connectivity index (χ1) is 10.1. The van der Waals surface area contributed by atoms with Crippen molar-refractivity contribution in [3.63, 3.8) is 0 Å². The Hall–Kier alpha value is -2.37. The van der Waals surface area contributed by atoms with Gasteiger partial charge in [-0.1, -0.05) is 0 Å². The van der Waals surface area contributed by atoms with Crippen molar-refractivity contribution < 1.29 is 13.9 Å². The van der Waals surface area contributed by atoms with Crippen LogP contribution in [0.25, 0.3) is 0 Å². The van der Waals surface area contributed by atoms with Crippen molar-refractivity contribution in [1.82, 2.24) is 9.78 Å². The zero-order chi connectivity index (χ0) is 14.8. The van der Waals surface area contributed by atoms with Gasteiger partial charge in [0, 0.05) is 32.2 Å². The van der Waals surface area contributed by atoms with E-state index >= 15 is 0 Å². The molecule has 2 heterocycles. The maximum Gasteiger partial charge on any atom is 0.227 e. The number of nitrogens with zero attached hydrogens (tertiary/aromatic N) is 3. The van der Waals surface area contributed by atoms with Gasteiger partial charge in [0.15, 0.2) is 0 Å². The molecule has 5 nitrogen and oxygen atoms in total. The number of halogens is 1. The van der Waals surface area contributed by atoms with Gasteiger partial charge in [-0.15, -0.1) is 0 Å². The van der Waals surface area contributed by atoms with Crippen LogP contribution in [0.15, 0.2) is 30.5 Å². The van der Waals surface area contributed by atoms with E-state index in [4.69, 9.17) is 4.74 Å². The lowest BCUT2D eigenvalue weighted by Gasteiger charge is -2.29. The van der Waals surface area contributed by atoms with E-state index in [-0.39, 0.29) is 11.7 Å². The fourth-order valence-electron chi connectivity index (χ4n) is 2.42. The number of carbonyl (C=O) groups excluding carboxylic acids is 1. The van der Waals surface area contributed by atoms with Crippen LogP contribution in [0, 0.1) is 5.82 Å². The Morgan fingerprint density at radius 2 is 2.29 bits per heavy atom. The van der Waals surface area contributed by atoms with E-state index in [9.17, 15) is 9.18 Å². The molecule has 0 N–H and O–H groups in total. The highest BCUT2D eigenvalue weighted by molar-refractivity contribution is 5.95. The molecule has 3 rings (SSSR count). The summed E-state index contributed by atoms with van der Waals surface area (Å²) < 4.78 is 20.3. The minimum absolute atomic E-state index is 0.00295. The molecule has 2 aromatic rings. The van der Waals surface area contributed by atoms with Gasteiger partial charge in [0.05, 0.1) is 17.9 Å². The highest BCUT2D eigenvalue weighted by Crippen LogP contribution is 2.32. The van der Waals surface area contributed by atoms with E-state index in [0.29, 0.717) is 37.4 Å². The molecule has 0 bridgehead atoms. The SMILES string of the molecule is Cn1ccc(CCC(=O)N2CCOc3cc(F)ccc32)n1. The third kappa shape index (κ3) is 2.89. The Labute approximate surface area is 121 Å². The van der Waals surface area contributed by atoms with Gasteiger partial charge < -0.3 is 9.64 Å². The van der Waals surface area contributed by atoms with E-state index in [2.05, 4.69) is 5.10 Å². The molecule has 1 aliphatic rings.